The van der Waals surface area contributed by atoms with Crippen LogP contribution in [0.5, 0.6) is 0 Å². The zero-order chi connectivity index (χ0) is 21.8. The second-order valence-electron chi connectivity index (χ2n) is 8.00. The molecule has 0 amide bonds. The van der Waals surface area contributed by atoms with Crippen LogP contribution in [0.3, 0.4) is 0 Å². The maximum Gasteiger partial charge on any atom is 4.00 e. The normalized spacial score (nSPS) is 9.76. The zero-order valence-corrected chi connectivity index (χ0v) is 24.9. The van der Waals surface area contributed by atoms with Crippen molar-refractivity contribution < 1.29 is 25.8 Å². The summed E-state index contributed by atoms with van der Waals surface area (Å²) in [6, 6.07) is 34.9. The fourth-order valence-corrected chi connectivity index (χ4v) is 4.23. The van der Waals surface area contributed by atoms with Crippen molar-refractivity contribution in [1.82, 2.24) is 0 Å². The minimum absolute atomic E-state index is 0. The fraction of sp³-hybridized carbons (Fsp3) is 0.0968. The van der Waals surface area contributed by atoms with Crippen LogP contribution in [-0.4, -0.2) is 0 Å². The number of rotatable bonds is 0. The number of fused-ring (bicyclic) bond motifs is 6. The molecule has 0 atom stereocenters. The summed E-state index contributed by atoms with van der Waals surface area (Å²) >= 11 is 0. The Morgan fingerprint density at radius 1 is 0.559 bits per heavy atom. The molecule has 34 heavy (non-hydrogen) atoms. The first-order valence-electron chi connectivity index (χ1n) is 10.8. The Morgan fingerprint density at radius 3 is 1.29 bits per heavy atom. The van der Waals surface area contributed by atoms with Crippen molar-refractivity contribution >= 4 is 67.9 Å². The third kappa shape index (κ3) is 6.60. The molecule has 0 aromatic heterocycles. The third-order valence-corrected chi connectivity index (χ3v) is 5.52. The van der Waals surface area contributed by atoms with Gasteiger partial charge in [0.25, 0.3) is 0 Å². The van der Waals surface area contributed by atoms with E-state index in [4.69, 9.17) is 0 Å². The van der Waals surface area contributed by atoms with Crippen molar-refractivity contribution in [2.45, 2.75) is 20.3 Å². The molecule has 6 rings (SSSR count). The summed E-state index contributed by atoms with van der Waals surface area (Å²) in [6.07, 6.45) is 0.750. The van der Waals surface area contributed by atoms with Gasteiger partial charge >= 0.3 is 25.8 Å². The summed E-state index contributed by atoms with van der Waals surface area (Å²) in [5.74, 6) is 0. The molecule has 0 spiro atoms. The number of hydrogen-bond donors (Lipinski definition) is 0. The van der Waals surface area contributed by atoms with Crippen molar-refractivity contribution in [3.8, 4) is 0 Å². The van der Waals surface area contributed by atoms with Crippen molar-refractivity contribution in [1.29, 1.82) is 0 Å². The zero-order valence-electron chi connectivity index (χ0n) is 19.7. The van der Waals surface area contributed by atoms with Crippen LogP contribution in [0.4, 0.5) is 0 Å². The number of aryl methyl sites for hydroxylation is 2. The molecule has 6 aromatic rings. The standard InChI is InChI=1S/2C14H11.C3H6.2ClH.Hf/c2*1-10-8-12-7-6-11-4-2-3-5-13(11)14(12)9-10;1-3-2;;;/h2*2-9H,1H3;1-3H2;2*1H;/q2*-1;-2;;;+4. The molecule has 3 heteroatoms. The van der Waals surface area contributed by atoms with Gasteiger partial charge in [0.1, 0.15) is 0 Å². The van der Waals surface area contributed by atoms with Gasteiger partial charge in [0, 0.05) is 0 Å². The van der Waals surface area contributed by atoms with E-state index in [-0.39, 0.29) is 50.7 Å². The minimum Gasteiger partial charge on any atom is -0.372 e. The van der Waals surface area contributed by atoms with Crippen molar-refractivity contribution in [3.05, 3.63) is 122 Å². The summed E-state index contributed by atoms with van der Waals surface area (Å²) in [6.45, 7) is 11.0. The number of hydrogen-bond acceptors (Lipinski definition) is 0. The van der Waals surface area contributed by atoms with Gasteiger partial charge in [-0.3, -0.25) is 0 Å². The van der Waals surface area contributed by atoms with E-state index in [1.54, 1.807) is 0 Å². The van der Waals surface area contributed by atoms with Crippen LogP contribution >= 0.6 is 24.8 Å². The molecule has 0 saturated carbocycles. The summed E-state index contributed by atoms with van der Waals surface area (Å²) in [4.78, 5) is 0. The predicted molar refractivity (Wildman–Crippen MR) is 153 cm³/mol. The molecule has 0 heterocycles. The average molecular weight is 652 g/mol. The third-order valence-electron chi connectivity index (χ3n) is 5.52. The second kappa shape index (κ2) is 13.8. The summed E-state index contributed by atoms with van der Waals surface area (Å²) in [7, 11) is 0. The fourth-order valence-electron chi connectivity index (χ4n) is 4.23. The van der Waals surface area contributed by atoms with Crippen LogP contribution in [0.2, 0.25) is 0 Å². The van der Waals surface area contributed by atoms with E-state index in [1.807, 2.05) is 0 Å². The van der Waals surface area contributed by atoms with E-state index in [2.05, 4.69) is 125 Å². The number of benzene rings is 4. The van der Waals surface area contributed by atoms with Crippen molar-refractivity contribution in [2.24, 2.45) is 0 Å². The maximum absolute atomic E-state index is 3.38. The first-order valence-corrected chi connectivity index (χ1v) is 10.8. The maximum atomic E-state index is 3.38. The molecule has 0 unspecified atom stereocenters. The van der Waals surface area contributed by atoms with Gasteiger partial charge in [-0.1, -0.05) is 85.3 Å². The van der Waals surface area contributed by atoms with Gasteiger partial charge < -0.3 is 20.3 Å². The van der Waals surface area contributed by atoms with Gasteiger partial charge in [-0.25, -0.2) is 0 Å². The van der Waals surface area contributed by atoms with Crippen LogP contribution in [0.15, 0.2) is 97.1 Å². The molecule has 172 valence electrons. The van der Waals surface area contributed by atoms with E-state index in [0.29, 0.717) is 0 Å². The van der Waals surface area contributed by atoms with Crippen LogP contribution < -0.4 is 0 Å². The largest absolute Gasteiger partial charge is 4.00 e. The molecular weight excluding hydrogens is 622 g/mol. The number of halogens is 2. The average Bonchev–Trinajstić information content (AvgIpc) is 3.36. The molecule has 0 bridgehead atoms. The second-order valence-corrected chi connectivity index (χ2v) is 8.00. The predicted octanol–water partition coefficient (Wildman–Crippen LogP) is 9.93. The van der Waals surface area contributed by atoms with Crippen LogP contribution in [0.25, 0.3) is 43.1 Å². The van der Waals surface area contributed by atoms with Crippen molar-refractivity contribution in [3.63, 3.8) is 0 Å². The Morgan fingerprint density at radius 2 is 0.912 bits per heavy atom. The molecule has 0 saturated heterocycles. The first kappa shape index (κ1) is 30.1. The summed E-state index contributed by atoms with van der Waals surface area (Å²) in [5.41, 5.74) is 2.69. The van der Waals surface area contributed by atoms with Gasteiger partial charge in [0.2, 0.25) is 0 Å². The van der Waals surface area contributed by atoms with Gasteiger partial charge in [-0.2, -0.15) is 12.1 Å². The van der Waals surface area contributed by atoms with Crippen molar-refractivity contribution in [2.75, 3.05) is 0 Å². The quantitative estimate of drug-likeness (QED) is 0.113. The smallest absolute Gasteiger partial charge is 0.372 e. The molecule has 0 N–H and O–H groups in total. The monoisotopic (exact) mass is 652 g/mol. The Balaban J connectivity index is 0.000000283. The van der Waals surface area contributed by atoms with Crippen LogP contribution in [-0.2, 0) is 25.8 Å². The molecule has 0 aliphatic carbocycles. The van der Waals surface area contributed by atoms with Gasteiger partial charge in [0.15, 0.2) is 0 Å². The summed E-state index contributed by atoms with van der Waals surface area (Å²) in [5, 5.41) is 10.8. The van der Waals surface area contributed by atoms with E-state index in [0.717, 1.165) is 6.42 Å². The molecule has 0 nitrogen and oxygen atoms in total. The van der Waals surface area contributed by atoms with E-state index in [1.165, 1.54) is 54.2 Å². The molecule has 6 aromatic carbocycles. The Hall–Kier alpha value is -1.93. The van der Waals surface area contributed by atoms with E-state index < -0.39 is 0 Å². The van der Waals surface area contributed by atoms with Crippen LogP contribution in [0.1, 0.15) is 17.5 Å². The Labute approximate surface area is 234 Å². The molecular formula is C31H30Cl2Hf. The van der Waals surface area contributed by atoms with E-state index >= 15 is 0 Å². The van der Waals surface area contributed by atoms with E-state index in [9.17, 15) is 0 Å². The first-order chi connectivity index (χ1) is 15.1. The molecule has 0 aliphatic rings. The Kier molecular flexibility index (Phi) is 12.2. The summed E-state index contributed by atoms with van der Waals surface area (Å²) < 4.78 is 0. The Bertz CT molecular complexity index is 1340. The molecule has 0 aliphatic heterocycles. The van der Waals surface area contributed by atoms with Gasteiger partial charge in [-0.05, 0) is 10.8 Å². The SMILES string of the molecule is Cc1cc2c(ccc3ccccc32)[cH-]1.Cc1cc2c(ccc3ccccc32)[cH-]1.Cl.Cl.[CH2-]C[CH2-].[Hf+4]. The molecule has 0 radical (unpaired) electrons. The minimum atomic E-state index is 0. The van der Waals surface area contributed by atoms with Gasteiger partial charge in [-0.15, -0.1) is 81.8 Å². The molecule has 0 fully saturated rings. The topological polar surface area (TPSA) is 0 Å². The van der Waals surface area contributed by atoms with Gasteiger partial charge in [0.05, 0.1) is 0 Å². The van der Waals surface area contributed by atoms with Crippen LogP contribution in [0, 0.1) is 27.7 Å².